The molecule has 6 nitrogen and oxygen atoms in total. The highest BCUT2D eigenvalue weighted by molar-refractivity contribution is 9.10. The Bertz CT molecular complexity index is 574. The number of benzene rings is 1. The number of halogens is 2. The maximum Gasteiger partial charge on any atom is 0.293 e. The van der Waals surface area contributed by atoms with Crippen molar-refractivity contribution in [1.29, 1.82) is 0 Å². The van der Waals surface area contributed by atoms with Gasteiger partial charge in [0, 0.05) is 24.5 Å². The fourth-order valence-electron chi connectivity index (χ4n) is 1.40. The number of aromatic nitrogens is 2. The van der Waals surface area contributed by atoms with Gasteiger partial charge in [-0.05, 0) is 15.9 Å². The normalized spacial score (nSPS) is 10.3. The summed E-state index contributed by atoms with van der Waals surface area (Å²) in [5.41, 5.74) is -0.0908. The van der Waals surface area contributed by atoms with Crippen LogP contribution in [0.25, 0.3) is 0 Å². The van der Waals surface area contributed by atoms with Gasteiger partial charge in [0.05, 0.1) is 15.9 Å². The predicted molar refractivity (Wildman–Crippen MR) is 66.7 cm³/mol. The van der Waals surface area contributed by atoms with E-state index in [0.29, 0.717) is 5.82 Å². The summed E-state index contributed by atoms with van der Waals surface area (Å²) in [4.78, 5) is 17.1. The van der Waals surface area contributed by atoms with Gasteiger partial charge in [-0.25, -0.2) is 9.37 Å². The van der Waals surface area contributed by atoms with Crippen LogP contribution in [-0.4, -0.2) is 14.9 Å². The minimum absolute atomic E-state index is 0.0535. The quantitative estimate of drug-likeness (QED) is 0.671. The second-order valence-corrected chi connectivity index (χ2v) is 4.28. The van der Waals surface area contributed by atoms with Gasteiger partial charge in [0.15, 0.2) is 0 Å². The van der Waals surface area contributed by atoms with E-state index in [2.05, 4.69) is 31.2 Å². The number of hydrogen-bond acceptors (Lipinski definition) is 4. The van der Waals surface area contributed by atoms with Crippen LogP contribution in [0.15, 0.2) is 29.0 Å². The lowest BCUT2D eigenvalue weighted by Gasteiger charge is -2.06. The van der Waals surface area contributed by atoms with Gasteiger partial charge in [-0.15, -0.1) is 0 Å². The Morgan fingerprint density at radius 3 is 2.94 bits per heavy atom. The molecule has 0 saturated heterocycles. The zero-order chi connectivity index (χ0) is 13.1. The van der Waals surface area contributed by atoms with Crippen molar-refractivity contribution in [3.63, 3.8) is 0 Å². The lowest BCUT2D eigenvalue weighted by molar-refractivity contribution is -0.384. The van der Waals surface area contributed by atoms with Gasteiger partial charge in [-0.1, -0.05) is 0 Å². The van der Waals surface area contributed by atoms with Crippen LogP contribution in [0.1, 0.15) is 5.82 Å². The average Bonchev–Trinajstić information content (AvgIpc) is 2.83. The van der Waals surface area contributed by atoms with Crippen molar-refractivity contribution >= 4 is 27.3 Å². The fraction of sp³-hybridized carbons (Fsp3) is 0.100. The summed E-state index contributed by atoms with van der Waals surface area (Å²) in [6.45, 7) is 0.245. The number of imidazole rings is 1. The highest BCUT2D eigenvalue weighted by Crippen LogP contribution is 2.30. The van der Waals surface area contributed by atoms with Crippen molar-refractivity contribution in [3.05, 3.63) is 50.8 Å². The maximum absolute atomic E-state index is 13.4. The second kappa shape index (κ2) is 5.13. The van der Waals surface area contributed by atoms with Gasteiger partial charge in [0.1, 0.15) is 17.3 Å². The summed E-state index contributed by atoms with van der Waals surface area (Å²) in [6, 6.07) is 2.20. The van der Waals surface area contributed by atoms with E-state index in [1.54, 1.807) is 12.4 Å². The molecule has 0 aliphatic heterocycles. The zero-order valence-electron chi connectivity index (χ0n) is 8.98. The van der Waals surface area contributed by atoms with Crippen LogP contribution < -0.4 is 5.32 Å². The van der Waals surface area contributed by atoms with Crippen LogP contribution >= 0.6 is 15.9 Å². The van der Waals surface area contributed by atoms with E-state index in [9.17, 15) is 14.5 Å². The number of anilines is 1. The molecule has 0 aliphatic rings. The summed E-state index contributed by atoms with van der Waals surface area (Å²) in [5, 5.41) is 13.6. The van der Waals surface area contributed by atoms with E-state index in [-0.39, 0.29) is 22.4 Å². The molecule has 0 unspecified atom stereocenters. The number of rotatable bonds is 4. The van der Waals surface area contributed by atoms with Gasteiger partial charge >= 0.3 is 0 Å². The van der Waals surface area contributed by atoms with E-state index >= 15 is 0 Å². The second-order valence-electron chi connectivity index (χ2n) is 3.43. The molecule has 8 heteroatoms. The van der Waals surface area contributed by atoms with Crippen molar-refractivity contribution in [1.82, 2.24) is 9.97 Å². The molecule has 0 saturated carbocycles. The molecule has 0 bridgehead atoms. The molecule has 2 aromatic rings. The maximum atomic E-state index is 13.4. The van der Waals surface area contributed by atoms with Crippen molar-refractivity contribution in [3.8, 4) is 0 Å². The molecule has 2 rings (SSSR count). The SMILES string of the molecule is O=[N+]([O-])c1cc(Br)c(F)cc1NCc1ncc[nH]1. The Hall–Kier alpha value is -1.96. The Morgan fingerprint density at radius 2 is 2.33 bits per heavy atom. The first kappa shape index (κ1) is 12.5. The first-order valence-electron chi connectivity index (χ1n) is 4.93. The molecule has 1 heterocycles. The smallest absolute Gasteiger partial charge is 0.293 e. The molecule has 0 radical (unpaired) electrons. The van der Waals surface area contributed by atoms with E-state index < -0.39 is 10.7 Å². The zero-order valence-corrected chi connectivity index (χ0v) is 10.6. The van der Waals surface area contributed by atoms with Gasteiger partial charge in [-0.2, -0.15) is 0 Å². The van der Waals surface area contributed by atoms with Gasteiger partial charge < -0.3 is 10.3 Å². The summed E-state index contributed by atoms with van der Waals surface area (Å²) in [7, 11) is 0. The van der Waals surface area contributed by atoms with Gasteiger partial charge in [0.25, 0.3) is 5.69 Å². The molecule has 0 aliphatic carbocycles. The number of nitrogens with zero attached hydrogens (tertiary/aromatic N) is 2. The van der Waals surface area contributed by atoms with Crippen molar-refractivity contribution in [2.24, 2.45) is 0 Å². The Balaban J connectivity index is 2.25. The van der Waals surface area contributed by atoms with Crippen molar-refractivity contribution in [2.45, 2.75) is 6.54 Å². The minimum Gasteiger partial charge on any atom is -0.372 e. The lowest BCUT2D eigenvalue weighted by Crippen LogP contribution is -2.04. The number of nitrogens with one attached hydrogen (secondary N) is 2. The third-order valence-corrected chi connectivity index (χ3v) is 2.84. The highest BCUT2D eigenvalue weighted by Gasteiger charge is 2.17. The van der Waals surface area contributed by atoms with Crippen LogP contribution in [-0.2, 0) is 6.54 Å². The van der Waals surface area contributed by atoms with Crippen molar-refractivity contribution < 1.29 is 9.31 Å². The lowest BCUT2D eigenvalue weighted by atomic mass is 10.2. The van der Waals surface area contributed by atoms with Crippen molar-refractivity contribution in [2.75, 3.05) is 5.32 Å². The topological polar surface area (TPSA) is 83.8 Å². The highest BCUT2D eigenvalue weighted by atomic mass is 79.9. The van der Waals surface area contributed by atoms with Crippen LogP contribution in [0.4, 0.5) is 15.8 Å². The first-order chi connectivity index (χ1) is 8.58. The van der Waals surface area contributed by atoms with Gasteiger partial charge in [-0.3, -0.25) is 10.1 Å². The summed E-state index contributed by atoms with van der Waals surface area (Å²) in [5.74, 6) is 0.0372. The Labute approximate surface area is 110 Å². The molecule has 0 fully saturated rings. The molecule has 0 amide bonds. The van der Waals surface area contributed by atoms with Crippen LogP contribution in [0.2, 0.25) is 0 Å². The summed E-state index contributed by atoms with van der Waals surface area (Å²) < 4.78 is 13.4. The Kier molecular flexibility index (Phi) is 3.56. The van der Waals surface area contributed by atoms with E-state index in [4.69, 9.17) is 0 Å². The van der Waals surface area contributed by atoms with E-state index in [0.717, 1.165) is 12.1 Å². The molecule has 0 spiro atoms. The van der Waals surface area contributed by atoms with Gasteiger partial charge in [0.2, 0.25) is 0 Å². The number of H-pyrrole nitrogens is 1. The molecular weight excluding hydrogens is 307 g/mol. The monoisotopic (exact) mass is 314 g/mol. The predicted octanol–water partition coefficient (Wildman–Crippen LogP) is 2.83. The Morgan fingerprint density at radius 1 is 1.56 bits per heavy atom. The molecule has 0 atom stereocenters. The third kappa shape index (κ3) is 2.65. The number of nitro benzene ring substituents is 1. The largest absolute Gasteiger partial charge is 0.372 e. The third-order valence-electron chi connectivity index (χ3n) is 2.24. The standard InChI is InChI=1S/C10H8BrFN4O2/c11-6-3-9(16(17)18)8(4-7(6)12)15-5-10-13-1-2-14-10/h1-4,15H,5H2,(H,13,14). The molecular formula is C10H8BrFN4O2. The van der Waals surface area contributed by atoms with Crippen LogP contribution in [0.3, 0.4) is 0 Å². The molecule has 2 N–H and O–H groups in total. The van der Waals surface area contributed by atoms with E-state index in [1.807, 2.05) is 0 Å². The van der Waals surface area contributed by atoms with Crippen LogP contribution in [0.5, 0.6) is 0 Å². The number of aromatic amines is 1. The average molecular weight is 315 g/mol. The summed E-state index contributed by atoms with van der Waals surface area (Å²) >= 11 is 2.91. The molecule has 18 heavy (non-hydrogen) atoms. The first-order valence-corrected chi connectivity index (χ1v) is 5.73. The minimum atomic E-state index is -0.575. The molecule has 1 aromatic heterocycles. The fourth-order valence-corrected chi connectivity index (χ4v) is 1.73. The molecule has 1 aromatic carbocycles. The van der Waals surface area contributed by atoms with E-state index in [1.165, 1.54) is 0 Å². The number of nitro groups is 1. The molecule has 94 valence electrons. The van der Waals surface area contributed by atoms with Crippen LogP contribution in [0, 0.1) is 15.9 Å². The number of hydrogen-bond donors (Lipinski definition) is 2. The summed E-state index contributed by atoms with van der Waals surface area (Å²) in [6.07, 6.45) is 3.20.